The Bertz CT molecular complexity index is 1140. The first kappa shape index (κ1) is 21.6. The summed E-state index contributed by atoms with van der Waals surface area (Å²) in [6.45, 7) is 1.43. The summed E-state index contributed by atoms with van der Waals surface area (Å²) in [5.74, 6) is 0.287. The maximum absolute atomic E-state index is 12.9. The fourth-order valence-corrected chi connectivity index (χ4v) is 4.43. The molecule has 0 aliphatic carbocycles. The molecule has 1 atom stereocenters. The van der Waals surface area contributed by atoms with E-state index in [2.05, 4.69) is 11.4 Å². The van der Waals surface area contributed by atoms with E-state index in [1.807, 2.05) is 47.8 Å². The number of hydrogen-bond acceptors (Lipinski definition) is 5. The van der Waals surface area contributed by atoms with Crippen molar-refractivity contribution < 1.29 is 14.3 Å². The highest BCUT2D eigenvalue weighted by molar-refractivity contribution is 7.12. The minimum absolute atomic E-state index is 0.00614. The molecule has 6 nitrogen and oxygen atoms in total. The van der Waals surface area contributed by atoms with Gasteiger partial charge < -0.3 is 15.0 Å². The van der Waals surface area contributed by atoms with E-state index >= 15 is 0 Å². The number of thiophene rings is 1. The van der Waals surface area contributed by atoms with Crippen LogP contribution >= 0.6 is 11.3 Å². The highest BCUT2D eigenvalue weighted by Crippen LogP contribution is 2.24. The molecular weight excluding hydrogens is 422 g/mol. The highest BCUT2D eigenvalue weighted by Gasteiger charge is 2.29. The lowest BCUT2D eigenvalue weighted by atomic mass is 9.97. The second kappa shape index (κ2) is 10.1. The Kier molecular flexibility index (Phi) is 6.83. The Morgan fingerprint density at radius 2 is 2.03 bits per heavy atom. The third-order valence-corrected chi connectivity index (χ3v) is 6.23. The second-order valence-electron chi connectivity index (χ2n) is 7.69. The maximum Gasteiger partial charge on any atom is 0.263 e. The quantitative estimate of drug-likeness (QED) is 0.597. The second-order valence-corrected chi connectivity index (χ2v) is 8.63. The van der Waals surface area contributed by atoms with E-state index in [1.165, 1.54) is 11.3 Å². The van der Waals surface area contributed by atoms with Crippen LogP contribution in [0.15, 0.2) is 66.0 Å². The van der Waals surface area contributed by atoms with Crippen molar-refractivity contribution in [2.75, 3.05) is 18.4 Å². The first-order chi connectivity index (χ1) is 15.6. The minimum Gasteiger partial charge on any atom is -0.489 e. The van der Waals surface area contributed by atoms with Crippen LogP contribution in [0.4, 0.5) is 5.69 Å². The molecule has 1 unspecified atom stereocenters. The van der Waals surface area contributed by atoms with E-state index in [1.54, 1.807) is 23.1 Å². The first-order valence-corrected chi connectivity index (χ1v) is 11.4. The van der Waals surface area contributed by atoms with Crippen molar-refractivity contribution in [3.05, 3.63) is 82.0 Å². The number of carbonyl (C=O) groups is 2. The van der Waals surface area contributed by atoms with Gasteiger partial charge in [-0.05, 0) is 54.1 Å². The Balaban J connectivity index is 1.35. The number of carbonyl (C=O) groups excluding carboxylic acids is 2. The Labute approximate surface area is 191 Å². The number of hydrogen-bond donors (Lipinski definition) is 1. The van der Waals surface area contributed by atoms with E-state index in [9.17, 15) is 9.59 Å². The van der Waals surface area contributed by atoms with E-state index in [-0.39, 0.29) is 17.7 Å². The molecule has 1 aliphatic heterocycles. The third-order valence-electron chi connectivity index (χ3n) is 5.37. The van der Waals surface area contributed by atoms with Crippen molar-refractivity contribution in [1.82, 2.24) is 4.90 Å². The standard InChI is InChI=1S/C25H23N3O3S/c26-15-18-5-1-6-19(13-18)17-31-22-9-2-8-21(14-22)27-24(29)20-7-3-11-28(16-20)25(30)23-10-4-12-32-23/h1-2,4-6,8-10,12-14,20H,3,7,11,16-17H2,(H,27,29). The number of nitrogens with one attached hydrogen (secondary N) is 1. The summed E-state index contributed by atoms with van der Waals surface area (Å²) in [6.07, 6.45) is 1.56. The Morgan fingerprint density at radius 1 is 1.16 bits per heavy atom. The zero-order valence-corrected chi connectivity index (χ0v) is 18.3. The van der Waals surface area contributed by atoms with E-state index < -0.39 is 0 Å². The van der Waals surface area contributed by atoms with Crippen LogP contribution in [-0.4, -0.2) is 29.8 Å². The average molecular weight is 446 g/mol. The molecule has 162 valence electrons. The number of ether oxygens (including phenoxy) is 1. The zero-order valence-electron chi connectivity index (χ0n) is 17.5. The molecule has 4 rings (SSSR count). The van der Waals surface area contributed by atoms with Crippen molar-refractivity contribution in [3.8, 4) is 11.8 Å². The van der Waals surface area contributed by atoms with E-state index in [4.69, 9.17) is 10.00 Å². The van der Waals surface area contributed by atoms with Crippen LogP contribution in [0.2, 0.25) is 0 Å². The lowest BCUT2D eigenvalue weighted by molar-refractivity contribution is -0.121. The summed E-state index contributed by atoms with van der Waals surface area (Å²) in [6, 6.07) is 20.3. The van der Waals surface area contributed by atoms with Crippen LogP contribution in [-0.2, 0) is 11.4 Å². The summed E-state index contributed by atoms with van der Waals surface area (Å²) < 4.78 is 5.84. The average Bonchev–Trinajstić information content (AvgIpc) is 3.38. The molecule has 2 aromatic carbocycles. The Morgan fingerprint density at radius 3 is 2.84 bits per heavy atom. The molecule has 1 saturated heterocycles. The van der Waals surface area contributed by atoms with Gasteiger partial charge in [-0.15, -0.1) is 11.3 Å². The van der Waals surface area contributed by atoms with Gasteiger partial charge in [-0.3, -0.25) is 9.59 Å². The van der Waals surface area contributed by atoms with Gasteiger partial charge in [0.25, 0.3) is 5.91 Å². The molecule has 0 bridgehead atoms. The monoisotopic (exact) mass is 445 g/mol. The predicted molar refractivity (Wildman–Crippen MR) is 124 cm³/mol. The van der Waals surface area contributed by atoms with Crippen LogP contribution in [0.25, 0.3) is 0 Å². The topological polar surface area (TPSA) is 82.4 Å². The van der Waals surface area contributed by atoms with Crippen molar-refractivity contribution in [2.45, 2.75) is 19.4 Å². The molecule has 7 heteroatoms. The number of nitrogens with zero attached hydrogens (tertiary/aromatic N) is 2. The number of benzene rings is 2. The summed E-state index contributed by atoms with van der Waals surface area (Å²) in [4.78, 5) is 28.0. The molecule has 0 radical (unpaired) electrons. The molecule has 0 saturated carbocycles. The third kappa shape index (κ3) is 5.34. The van der Waals surface area contributed by atoms with Gasteiger partial charge in [-0.2, -0.15) is 5.26 Å². The number of piperidine rings is 1. The minimum atomic E-state index is -0.244. The first-order valence-electron chi connectivity index (χ1n) is 10.5. The van der Waals surface area contributed by atoms with Crippen LogP contribution in [0, 0.1) is 17.2 Å². The number of anilines is 1. The van der Waals surface area contributed by atoms with Crippen molar-refractivity contribution in [2.24, 2.45) is 5.92 Å². The van der Waals surface area contributed by atoms with E-state index in [0.29, 0.717) is 41.6 Å². The SMILES string of the molecule is N#Cc1cccc(COc2cccc(NC(=O)C3CCCN(C(=O)c4cccs4)C3)c2)c1. The van der Waals surface area contributed by atoms with Gasteiger partial charge in [0.1, 0.15) is 12.4 Å². The molecule has 0 spiro atoms. The number of nitriles is 1. The van der Waals surface area contributed by atoms with Crippen LogP contribution in [0.5, 0.6) is 5.75 Å². The normalized spacial score (nSPS) is 15.6. The summed E-state index contributed by atoms with van der Waals surface area (Å²) in [5.41, 5.74) is 2.14. The maximum atomic E-state index is 12.9. The summed E-state index contributed by atoms with van der Waals surface area (Å²) in [7, 11) is 0. The molecule has 1 fully saturated rings. The molecule has 1 N–H and O–H groups in total. The molecule has 32 heavy (non-hydrogen) atoms. The van der Waals surface area contributed by atoms with Gasteiger partial charge in [0.05, 0.1) is 22.4 Å². The van der Waals surface area contributed by atoms with Crippen molar-refractivity contribution in [3.63, 3.8) is 0 Å². The summed E-state index contributed by atoms with van der Waals surface area (Å²) >= 11 is 1.42. The lowest BCUT2D eigenvalue weighted by Gasteiger charge is -2.31. The number of rotatable bonds is 6. The van der Waals surface area contributed by atoms with Crippen molar-refractivity contribution >= 4 is 28.8 Å². The fraction of sp³-hybridized carbons (Fsp3) is 0.240. The zero-order chi connectivity index (χ0) is 22.3. The number of amides is 2. The van der Waals surface area contributed by atoms with Crippen molar-refractivity contribution in [1.29, 1.82) is 5.26 Å². The van der Waals surface area contributed by atoms with Gasteiger partial charge in [-0.25, -0.2) is 0 Å². The molecule has 3 aromatic rings. The predicted octanol–water partition coefficient (Wildman–Crippen LogP) is 4.69. The van der Waals surface area contributed by atoms with Gasteiger partial charge >= 0.3 is 0 Å². The van der Waals surface area contributed by atoms with Gasteiger partial charge in [-0.1, -0.05) is 24.3 Å². The van der Waals surface area contributed by atoms with Gasteiger partial charge in [0.2, 0.25) is 5.91 Å². The molecule has 1 aliphatic rings. The molecule has 2 heterocycles. The molecular formula is C25H23N3O3S. The van der Waals surface area contributed by atoms with E-state index in [0.717, 1.165) is 18.4 Å². The largest absolute Gasteiger partial charge is 0.489 e. The molecule has 2 amide bonds. The fourth-order valence-electron chi connectivity index (χ4n) is 3.74. The smallest absolute Gasteiger partial charge is 0.263 e. The Hall–Kier alpha value is -3.63. The molecule has 1 aromatic heterocycles. The summed E-state index contributed by atoms with van der Waals surface area (Å²) in [5, 5.41) is 13.9. The van der Waals surface area contributed by atoms with Crippen LogP contribution in [0.3, 0.4) is 0 Å². The highest BCUT2D eigenvalue weighted by atomic mass is 32.1. The number of likely N-dealkylation sites (tertiary alicyclic amines) is 1. The van der Waals surface area contributed by atoms with Crippen LogP contribution < -0.4 is 10.1 Å². The lowest BCUT2D eigenvalue weighted by Crippen LogP contribution is -2.43. The van der Waals surface area contributed by atoms with Gasteiger partial charge in [0.15, 0.2) is 0 Å². The van der Waals surface area contributed by atoms with Crippen LogP contribution in [0.1, 0.15) is 33.6 Å². The van der Waals surface area contributed by atoms with Gasteiger partial charge in [0, 0.05) is 24.8 Å².